The third kappa shape index (κ3) is 3.49. The molecule has 0 unspecified atom stereocenters. The smallest absolute Gasteiger partial charge is 0.0576 e. The van der Waals surface area contributed by atoms with E-state index in [4.69, 9.17) is 23.2 Å². The molecule has 92 valence electrons. The molecule has 0 saturated heterocycles. The van der Waals surface area contributed by atoms with Crippen molar-refractivity contribution in [2.75, 3.05) is 5.43 Å². The van der Waals surface area contributed by atoms with Gasteiger partial charge in [-0.1, -0.05) is 41.4 Å². The van der Waals surface area contributed by atoms with Crippen LogP contribution >= 0.6 is 23.2 Å². The van der Waals surface area contributed by atoms with Gasteiger partial charge in [0.05, 0.1) is 11.9 Å². The normalized spacial score (nSPS) is 10.8. The third-order valence-corrected chi connectivity index (χ3v) is 3.11. The summed E-state index contributed by atoms with van der Waals surface area (Å²) >= 11 is 11.8. The highest BCUT2D eigenvalue weighted by Crippen LogP contribution is 2.19. The number of halogens is 2. The lowest BCUT2D eigenvalue weighted by Gasteiger charge is -2.02. The lowest BCUT2D eigenvalue weighted by atomic mass is 10.2. The van der Waals surface area contributed by atoms with E-state index in [-0.39, 0.29) is 0 Å². The lowest BCUT2D eigenvalue weighted by molar-refractivity contribution is 1.34. The van der Waals surface area contributed by atoms with Gasteiger partial charge in [-0.15, -0.1) is 0 Å². The second-order valence-corrected chi connectivity index (χ2v) is 4.73. The zero-order valence-electron chi connectivity index (χ0n) is 9.82. The summed E-state index contributed by atoms with van der Waals surface area (Å²) in [5, 5.41) is 5.57. The summed E-state index contributed by atoms with van der Waals surface area (Å²) in [7, 11) is 0. The Morgan fingerprint density at radius 1 is 1.06 bits per heavy atom. The fraction of sp³-hybridized carbons (Fsp3) is 0.0714. The number of hydrazone groups is 1. The first-order chi connectivity index (χ1) is 8.65. The van der Waals surface area contributed by atoms with Crippen LogP contribution in [0.25, 0.3) is 0 Å². The van der Waals surface area contributed by atoms with Crippen LogP contribution in [-0.2, 0) is 0 Å². The van der Waals surface area contributed by atoms with Crippen LogP contribution in [0.5, 0.6) is 0 Å². The van der Waals surface area contributed by atoms with Crippen molar-refractivity contribution in [1.82, 2.24) is 0 Å². The standard InChI is InChI=1S/C14H12Cl2N2/c1-10-2-7-13(8-14(10)16)18-17-9-11-3-5-12(15)6-4-11/h2-9,18H,1H3/b17-9+. The Bertz CT molecular complexity index is 563. The molecule has 2 aromatic carbocycles. The zero-order valence-corrected chi connectivity index (χ0v) is 11.3. The monoisotopic (exact) mass is 278 g/mol. The maximum Gasteiger partial charge on any atom is 0.0576 e. The van der Waals surface area contributed by atoms with Gasteiger partial charge in [-0.05, 0) is 42.3 Å². The van der Waals surface area contributed by atoms with Gasteiger partial charge in [0.25, 0.3) is 0 Å². The van der Waals surface area contributed by atoms with Crippen molar-refractivity contribution < 1.29 is 0 Å². The lowest BCUT2D eigenvalue weighted by Crippen LogP contribution is -1.91. The molecule has 0 heterocycles. The summed E-state index contributed by atoms with van der Waals surface area (Å²) in [6.07, 6.45) is 1.73. The van der Waals surface area contributed by atoms with Crippen LogP contribution in [0.3, 0.4) is 0 Å². The summed E-state index contributed by atoms with van der Waals surface area (Å²) in [6, 6.07) is 13.2. The maximum absolute atomic E-state index is 6.02. The second-order valence-electron chi connectivity index (χ2n) is 3.89. The molecule has 0 amide bonds. The second kappa shape index (κ2) is 5.89. The quantitative estimate of drug-likeness (QED) is 0.636. The van der Waals surface area contributed by atoms with Gasteiger partial charge in [-0.25, -0.2) is 0 Å². The molecule has 0 aliphatic heterocycles. The van der Waals surface area contributed by atoms with E-state index >= 15 is 0 Å². The average molecular weight is 279 g/mol. The van der Waals surface area contributed by atoms with Crippen LogP contribution in [0, 0.1) is 6.92 Å². The zero-order chi connectivity index (χ0) is 13.0. The number of aryl methyl sites for hydroxylation is 1. The Kier molecular flexibility index (Phi) is 4.24. The number of nitrogens with zero attached hydrogens (tertiary/aromatic N) is 1. The molecule has 0 fully saturated rings. The Hall–Kier alpha value is -1.51. The topological polar surface area (TPSA) is 24.4 Å². The molecule has 0 saturated carbocycles. The van der Waals surface area contributed by atoms with Gasteiger partial charge < -0.3 is 0 Å². The van der Waals surface area contributed by atoms with E-state index in [1.807, 2.05) is 49.4 Å². The number of rotatable bonds is 3. The van der Waals surface area contributed by atoms with E-state index in [0.717, 1.165) is 21.8 Å². The molecular formula is C14H12Cl2N2. The Balaban J connectivity index is 2.02. The molecule has 18 heavy (non-hydrogen) atoms. The summed E-state index contributed by atoms with van der Waals surface area (Å²) in [5.41, 5.74) is 5.81. The van der Waals surface area contributed by atoms with Crippen molar-refractivity contribution in [2.45, 2.75) is 6.92 Å². The van der Waals surface area contributed by atoms with Crippen LogP contribution in [0.4, 0.5) is 5.69 Å². The van der Waals surface area contributed by atoms with Crippen LogP contribution in [0.1, 0.15) is 11.1 Å². The van der Waals surface area contributed by atoms with E-state index in [1.54, 1.807) is 6.21 Å². The molecule has 2 aromatic rings. The van der Waals surface area contributed by atoms with Crippen LogP contribution in [-0.4, -0.2) is 6.21 Å². The highest BCUT2D eigenvalue weighted by Gasteiger charge is 1.96. The summed E-state index contributed by atoms with van der Waals surface area (Å²) in [6.45, 7) is 1.96. The molecule has 2 nitrogen and oxygen atoms in total. The van der Waals surface area contributed by atoms with Gasteiger partial charge in [0, 0.05) is 10.0 Å². The molecule has 4 heteroatoms. The van der Waals surface area contributed by atoms with Gasteiger partial charge >= 0.3 is 0 Å². The molecule has 0 bridgehead atoms. The molecule has 2 rings (SSSR count). The van der Waals surface area contributed by atoms with Crippen molar-refractivity contribution in [3.63, 3.8) is 0 Å². The minimum absolute atomic E-state index is 0.713. The van der Waals surface area contributed by atoms with Gasteiger partial charge in [-0.3, -0.25) is 5.43 Å². The third-order valence-electron chi connectivity index (χ3n) is 2.45. The first-order valence-electron chi connectivity index (χ1n) is 5.46. The molecule has 0 spiro atoms. The van der Waals surface area contributed by atoms with E-state index < -0.39 is 0 Å². The minimum atomic E-state index is 0.713. The molecule has 0 aliphatic carbocycles. The summed E-state index contributed by atoms with van der Waals surface area (Å²) in [4.78, 5) is 0. The Morgan fingerprint density at radius 2 is 1.78 bits per heavy atom. The van der Waals surface area contributed by atoms with E-state index in [0.29, 0.717) is 5.02 Å². The summed E-state index contributed by atoms with van der Waals surface area (Å²) < 4.78 is 0. The van der Waals surface area contributed by atoms with Crippen molar-refractivity contribution in [3.8, 4) is 0 Å². The largest absolute Gasteiger partial charge is 0.278 e. The number of hydrogen-bond donors (Lipinski definition) is 1. The average Bonchev–Trinajstić information content (AvgIpc) is 2.36. The van der Waals surface area contributed by atoms with Crippen molar-refractivity contribution in [1.29, 1.82) is 0 Å². The SMILES string of the molecule is Cc1ccc(N/N=C/c2ccc(Cl)cc2)cc1Cl. The van der Waals surface area contributed by atoms with Gasteiger partial charge in [0.2, 0.25) is 0 Å². The van der Waals surface area contributed by atoms with Crippen LogP contribution in [0.15, 0.2) is 47.6 Å². The Morgan fingerprint density at radius 3 is 2.44 bits per heavy atom. The highest BCUT2D eigenvalue weighted by molar-refractivity contribution is 6.31. The van der Waals surface area contributed by atoms with Crippen molar-refractivity contribution >= 4 is 35.1 Å². The highest BCUT2D eigenvalue weighted by atomic mass is 35.5. The molecule has 0 atom stereocenters. The van der Waals surface area contributed by atoms with Crippen molar-refractivity contribution in [2.24, 2.45) is 5.10 Å². The predicted molar refractivity (Wildman–Crippen MR) is 78.9 cm³/mol. The number of benzene rings is 2. The van der Waals surface area contributed by atoms with Gasteiger partial charge in [0.15, 0.2) is 0 Å². The van der Waals surface area contributed by atoms with Gasteiger partial charge in [0.1, 0.15) is 0 Å². The van der Waals surface area contributed by atoms with E-state index in [9.17, 15) is 0 Å². The fourth-order valence-electron chi connectivity index (χ4n) is 1.39. The predicted octanol–water partition coefficient (Wildman–Crippen LogP) is 4.75. The van der Waals surface area contributed by atoms with Gasteiger partial charge in [-0.2, -0.15) is 5.10 Å². The van der Waals surface area contributed by atoms with Crippen LogP contribution in [0.2, 0.25) is 10.0 Å². The number of hydrogen-bond acceptors (Lipinski definition) is 2. The van der Waals surface area contributed by atoms with Crippen LogP contribution < -0.4 is 5.43 Å². The van der Waals surface area contributed by atoms with E-state index in [2.05, 4.69) is 10.5 Å². The molecule has 0 radical (unpaired) electrons. The number of nitrogens with one attached hydrogen (secondary N) is 1. The van der Waals surface area contributed by atoms with Crippen molar-refractivity contribution in [3.05, 3.63) is 63.6 Å². The van der Waals surface area contributed by atoms with E-state index in [1.165, 1.54) is 0 Å². The number of anilines is 1. The minimum Gasteiger partial charge on any atom is -0.278 e. The molecular weight excluding hydrogens is 267 g/mol. The molecule has 0 aromatic heterocycles. The molecule has 1 N–H and O–H groups in total. The maximum atomic E-state index is 6.02. The first kappa shape index (κ1) is 12.9. The Labute approximate surface area is 116 Å². The molecule has 0 aliphatic rings. The fourth-order valence-corrected chi connectivity index (χ4v) is 1.70. The summed E-state index contributed by atoms with van der Waals surface area (Å²) in [5.74, 6) is 0. The first-order valence-corrected chi connectivity index (χ1v) is 6.21.